The molecule has 0 aliphatic rings. The number of nitrogens with zero attached hydrogens (tertiary/aromatic N) is 1. The Hall–Kier alpha value is -1.36. The van der Waals surface area contributed by atoms with Crippen molar-refractivity contribution in [2.45, 2.75) is 20.8 Å². The smallest absolute Gasteiger partial charge is 0.230 e. The van der Waals surface area contributed by atoms with Crippen LogP contribution >= 0.6 is 15.9 Å². The molecule has 1 aromatic carbocycles. The third-order valence-corrected chi connectivity index (χ3v) is 2.93. The second-order valence-corrected chi connectivity index (χ2v) is 5.88. The van der Waals surface area contributed by atoms with Crippen LogP contribution in [0.2, 0.25) is 0 Å². The minimum atomic E-state index is -0.430. The maximum atomic E-state index is 11.9. The Morgan fingerprint density at radius 1 is 1.41 bits per heavy atom. The van der Waals surface area contributed by atoms with Crippen molar-refractivity contribution >= 4 is 38.6 Å². The molecule has 4 nitrogen and oxygen atoms in total. The lowest BCUT2D eigenvalue weighted by Gasteiger charge is -2.16. The van der Waals surface area contributed by atoms with E-state index in [1.165, 1.54) is 0 Å². The lowest BCUT2D eigenvalue weighted by Crippen LogP contribution is -2.27. The van der Waals surface area contributed by atoms with E-state index in [0.29, 0.717) is 5.82 Å². The molecule has 2 aromatic rings. The topological polar surface area (TPSA) is 57.8 Å². The van der Waals surface area contributed by atoms with Crippen molar-refractivity contribution in [3.8, 4) is 0 Å². The predicted molar refractivity (Wildman–Crippen MR) is 71.9 cm³/mol. The van der Waals surface area contributed by atoms with Crippen molar-refractivity contribution in [3.05, 3.63) is 22.7 Å². The zero-order valence-electron chi connectivity index (χ0n) is 9.97. The number of aromatic nitrogens is 2. The quantitative estimate of drug-likeness (QED) is 0.848. The second-order valence-electron chi connectivity index (χ2n) is 4.97. The predicted octanol–water partition coefficient (Wildman–Crippen LogP) is 3.31. The number of hydrogen-bond donors (Lipinski definition) is 2. The van der Waals surface area contributed by atoms with E-state index >= 15 is 0 Å². The molecule has 5 heteroatoms. The van der Waals surface area contributed by atoms with Crippen LogP contribution in [0.4, 0.5) is 5.82 Å². The molecular weight excluding hydrogens is 282 g/mol. The van der Waals surface area contributed by atoms with Crippen molar-refractivity contribution in [1.82, 2.24) is 10.2 Å². The lowest BCUT2D eigenvalue weighted by atomic mass is 9.96. The summed E-state index contributed by atoms with van der Waals surface area (Å²) in [6.07, 6.45) is 0. The summed E-state index contributed by atoms with van der Waals surface area (Å²) in [7, 11) is 0. The van der Waals surface area contributed by atoms with Gasteiger partial charge in [0.1, 0.15) is 0 Å². The van der Waals surface area contributed by atoms with Crippen LogP contribution in [0.5, 0.6) is 0 Å². The standard InChI is InChI=1S/C12H14BrN3O/c1-12(2,3)11(17)14-10-8-5-4-7(13)6-9(8)15-16-10/h4-6H,1-3H3,(H2,14,15,16,17). The Morgan fingerprint density at radius 3 is 2.76 bits per heavy atom. The Labute approximate surface area is 108 Å². The number of benzene rings is 1. The molecule has 90 valence electrons. The maximum Gasteiger partial charge on any atom is 0.230 e. The number of H-pyrrole nitrogens is 1. The number of hydrogen-bond acceptors (Lipinski definition) is 2. The number of fused-ring (bicyclic) bond motifs is 1. The minimum Gasteiger partial charge on any atom is -0.308 e. The number of rotatable bonds is 1. The van der Waals surface area contributed by atoms with Crippen LogP contribution in [0.15, 0.2) is 22.7 Å². The van der Waals surface area contributed by atoms with Gasteiger partial charge in [-0.15, -0.1) is 0 Å². The molecule has 0 atom stereocenters. The molecule has 0 fully saturated rings. The number of nitrogens with one attached hydrogen (secondary N) is 2. The molecule has 0 unspecified atom stereocenters. The Bertz CT molecular complexity index is 569. The van der Waals surface area contributed by atoms with Gasteiger partial charge in [-0.3, -0.25) is 9.89 Å². The van der Waals surface area contributed by atoms with E-state index in [2.05, 4.69) is 31.4 Å². The molecule has 0 saturated heterocycles. The third-order valence-electron chi connectivity index (χ3n) is 2.44. The molecule has 2 rings (SSSR count). The third kappa shape index (κ3) is 2.49. The van der Waals surface area contributed by atoms with Crippen molar-refractivity contribution in [3.63, 3.8) is 0 Å². The fourth-order valence-corrected chi connectivity index (χ4v) is 1.74. The molecule has 0 bridgehead atoms. The van der Waals surface area contributed by atoms with E-state index in [1.54, 1.807) is 0 Å². The van der Waals surface area contributed by atoms with Crippen molar-refractivity contribution in [2.75, 3.05) is 5.32 Å². The second kappa shape index (κ2) is 4.14. The molecule has 0 aliphatic heterocycles. The summed E-state index contributed by atoms with van der Waals surface area (Å²) in [5.74, 6) is 0.529. The largest absolute Gasteiger partial charge is 0.308 e. The SMILES string of the molecule is CC(C)(C)C(=O)Nc1n[nH]c2cc(Br)ccc12. The molecule has 1 aromatic heterocycles. The summed E-state index contributed by atoms with van der Waals surface area (Å²) in [4.78, 5) is 11.9. The average Bonchev–Trinajstić information content (AvgIpc) is 2.59. The number of halogens is 1. The average molecular weight is 296 g/mol. The molecule has 0 radical (unpaired) electrons. The van der Waals surface area contributed by atoms with Gasteiger partial charge >= 0.3 is 0 Å². The summed E-state index contributed by atoms with van der Waals surface area (Å²) in [6.45, 7) is 5.61. The Balaban J connectivity index is 2.35. The molecule has 1 amide bonds. The van der Waals surface area contributed by atoms with Crippen molar-refractivity contribution in [2.24, 2.45) is 5.41 Å². The zero-order valence-corrected chi connectivity index (χ0v) is 11.6. The van der Waals surface area contributed by atoms with E-state index in [1.807, 2.05) is 39.0 Å². The van der Waals surface area contributed by atoms with Crippen LogP contribution in [-0.4, -0.2) is 16.1 Å². The number of amides is 1. The first-order valence-electron chi connectivity index (χ1n) is 5.33. The van der Waals surface area contributed by atoms with Crippen molar-refractivity contribution in [1.29, 1.82) is 0 Å². The Kier molecular flexibility index (Phi) is 2.95. The van der Waals surface area contributed by atoms with E-state index in [0.717, 1.165) is 15.4 Å². The summed E-state index contributed by atoms with van der Waals surface area (Å²) < 4.78 is 0.974. The highest BCUT2D eigenvalue weighted by atomic mass is 79.9. The van der Waals surface area contributed by atoms with Gasteiger partial charge in [-0.05, 0) is 18.2 Å². The van der Waals surface area contributed by atoms with Crippen molar-refractivity contribution < 1.29 is 4.79 Å². The molecule has 0 aliphatic carbocycles. The van der Waals surface area contributed by atoms with E-state index < -0.39 is 5.41 Å². The maximum absolute atomic E-state index is 11.9. The van der Waals surface area contributed by atoms with E-state index in [4.69, 9.17) is 0 Å². The molecule has 0 spiro atoms. The van der Waals surface area contributed by atoms with E-state index in [-0.39, 0.29) is 5.91 Å². The highest BCUT2D eigenvalue weighted by Gasteiger charge is 2.22. The van der Waals surface area contributed by atoms with Gasteiger partial charge in [0, 0.05) is 15.3 Å². The fraction of sp³-hybridized carbons (Fsp3) is 0.333. The number of carbonyl (C=O) groups is 1. The van der Waals surface area contributed by atoms with Gasteiger partial charge in [0.2, 0.25) is 5.91 Å². The van der Waals surface area contributed by atoms with Crippen LogP contribution in [0.3, 0.4) is 0 Å². The summed E-state index contributed by atoms with van der Waals surface area (Å²) in [6, 6.07) is 5.76. The van der Waals surface area contributed by atoms with Gasteiger partial charge in [-0.2, -0.15) is 5.10 Å². The number of carbonyl (C=O) groups excluding carboxylic acids is 1. The first-order valence-corrected chi connectivity index (χ1v) is 6.12. The van der Waals surface area contributed by atoms with Crippen LogP contribution in [0, 0.1) is 5.41 Å². The van der Waals surface area contributed by atoms with Crippen LogP contribution < -0.4 is 5.32 Å². The molecule has 0 saturated carbocycles. The number of anilines is 1. The van der Waals surface area contributed by atoms with Gasteiger partial charge < -0.3 is 5.32 Å². The zero-order chi connectivity index (χ0) is 12.6. The van der Waals surface area contributed by atoms with Crippen LogP contribution in [-0.2, 0) is 4.79 Å². The monoisotopic (exact) mass is 295 g/mol. The van der Waals surface area contributed by atoms with Crippen LogP contribution in [0.1, 0.15) is 20.8 Å². The molecular formula is C12H14BrN3O. The molecule has 17 heavy (non-hydrogen) atoms. The lowest BCUT2D eigenvalue weighted by molar-refractivity contribution is -0.123. The normalized spacial score (nSPS) is 11.8. The number of aromatic amines is 1. The highest BCUT2D eigenvalue weighted by Crippen LogP contribution is 2.25. The van der Waals surface area contributed by atoms with Gasteiger partial charge in [-0.25, -0.2) is 0 Å². The van der Waals surface area contributed by atoms with Gasteiger partial charge in [0.15, 0.2) is 5.82 Å². The summed E-state index contributed by atoms with van der Waals surface area (Å²) in [5, 5.41) is 10.7. The minimum absolute atomic E-state index is 0.0474. The fourth-order valence-electron chi connectivity index (χ4n) is 1.38. The first kappa shape index (κ1) is 12.1. The first-order chi connectivity index (χ1) is 7.88. The van der Waals surface area contributed by atoms with Gasteiger partial charge in [0.05, 0.1) is 5.52 Å². The Morgan fingerprint density at radius 2 is 2.12 bits per heavy atom. The van der Waals surface area contributed by atoms with E-state index in [9.17, 15) is 4.79 Å². The highest BCUT2D eigenvalue weighted by molar-refractivity contribution is 9.10. The van der Waals surface area contributed by atoms with Gasteiger partial charge in [-0.1, -0.05) is 36.7 Å². The van der Waals surface area contributed by atoms with Gasteiger partial charge in [0.25, 0.3) is 0 Å². The van der Waals surface area contributed by atoms with Crippen LogP contribution in [0.25, 0.3) is 10.9 Å². The summed E-state index contributed by atoms with van der Waals surface area (Å²) >= 11 is 3.39. The summed E-state index contributed by atoms with van der Waals surface area (Å²) in [5.41, 5.74) is 0.462. The molecule has 2 N–H and O–H groups in total. The molecule has 1 heterocycles.